The Kier molecular flexibility index (Phi) is 4.43. The van der Waals surface area contributed by atoms with Crippen LogP contribution in [0.5, 0.6) is 0 Å². The number of hydrogen-bond acceptors (Lipinski definition) is 4. The molecular formula is C15H15ClFN3O. The van der Waals surface area contributed by atoms with Crippen LogP contribution >= 0.6 is 11.6 Å². The summed E-state index contributed by atoms with van der Waals surface area (Å²) in [5, 5.41) is 3.70. The Morgan fingerprint density at radius 2 is 2.14 bits per heavy atom. The van der Waals surface area contributed by atoms with E-state index in [1.807, 2.05) is 6.07 Å². The van der Waals surface area contributed by atoms with Gasteiger partial charge in [-0.15, -0.1) is 0 Å². The van der Waals surface area contributed by atoms with Crippen molar-refractivity contribution in [3.05, 3.63) is 58.4 Å². The first-order valence-electron chi connectivity index (χ1n) is 6.79. The van der Waals surface area contributed by atoms with Crippen molar-refractivity contribution >= 4 is 11.6 Å². The molecule has 1 fully saturated rings. The Morgan fingerprint density at radius 1 is 1.33 bits per heavy atom. The van der Waals surface area contributed by atoms with Crippen molar-refractivity contribution in [2.24, 2.45) is 0 Å². The molecule has 1 aromatic carbocycles. The van der Waals surface area contributed by atoms with E-state index in [1.165, 1.54) is 18.5 Å². The van der Waals surface area contributed by atoms with E-state index in [2.05, 4.69) is 15.3 Å². The van der Waals surface area contributed by atoms with E-state index >= 15 is 0 Å². The quantitative estimate of drug-likeness (QED) is 0.946. The van der Waals surface area contributed by atoms with Crippen LogP contribution in [0.15, 0.2) is 30.6 Å². The van der Waals surface area contributed by atoms with Gasteiger partial charge in [-0.2, -0.15) is 0 Å². The molecule has 1 N–H and O–H groups in total. The standard InChI is InChI=1S/C15H15ClFN3O/c16-12-7-19-15(20-8-12)6-10-1-2-11(5-13(10)17)14-9-18-3-4-21-14/h1-2,5,7-8,14,18H,3-4,6,9H2/t14-/m1/s1. The molecule has 1 saturated heterocycles. The number of nitrogens with one attached hydrogen (secondary N) is 1. The highest BCUT2D eigenvalue weighted by Crippen LogP contribution is 2.22. The minimum Gasteiger partial charge on any atom is -0.371 e. The lowest BCUT2D eigenvalue weighted by Crippen LogP contribution is -2.33. The van der Waals surface area contributed by atoms with Gasteiger partial charge < -0.3 is 10.1 Å². The van der Waals surface area contributed by atoms with Crippen LogP contribution in [0.3, 0.4) is 0 Å². The molecular weight excluding hydrogens is 293 g/mol. The first-order valence-corrected chi connectivity index (χ1v) is 7.17. The monoisotopic (exact) mass is 307 g/mol. The second-order valence-electron chi connectivity index (χ2n) is 4.91. The summed E-state index contributed by atoms with van der Waals surface area (Å²) in [5.41, 5.74) is 1.41. The van der Waals surface area contributed by atoms with E-state index in [0.29, 0.717) is 36.0 Å². The number of nitrogens with zero attached hydrogens (tertiary/aromatic N) is 2. The van der Waals surface area contributed by atoms with Gasteiger partial charge in [-0.3, -0.25) is 0 Å². The number of ether oxygens (including phenoxy) is 1. The maximum absolute atomic E-state index is 14.2. The molecule has 0 radical (unpaired) electrons. The summed E-state index contributed by atoms with van der Waals surface area (Å²) < 4.78 is 19.8. The smallest absolute Gasteiger partial charge is 0.132 e. The lowest BCUT2D eigenvalue weighted by molar-refractivity contribution is 0.0275. The highest BCUT2D eigenvalue weighted by Gasteiger charge is 2.17. The third kappa shape index (κ3) is 3.56. The molecule has 21 heavy (non-hydrogen) atoms. The molecule has 1 atom stereocenters. The number of rotatable bonds is 3. The molecule has 0 amide bonds. The molecule has 0 saturated carbocycles. The Labute approximate surface area is 127 Å². The van der Waals surface area contributed by atoms with Crippen LogP contribution in [0.2, 0.25) is 5.02 Å². The number of aromatic nitrogens is 2. The SMILES string of the molecule is Fc1cc([C@H]2CNCCO2)ccc1Cc1ncc(Cl)cn1. The van der Waals surface area contributed by atoms with Crippen molar-refractivity contribution < 1.29 is 9.13 Å². The third-order valence-corrected chi connectivity index (χ3v) is 3.59. The average Bonchev–Trinajstić information content (AvgIpc) is 2.52. The molecule has 2 heterocycles. The van der Waals surface area contributed by atoms with Crippen LogP contribution in [0, 0.1) is 5.82 Å². The molecule has 1 aliphatic heterocycles. The predicted molar refractivity (Wildman–Crippen MR) is 77.8 cm³/mol. The molecule has 1 aliphatic rings. The lowest BCUT2D eigenvalue weighted by atomic mass is 10.0. The molecule has 110 valence electrons. The Morgan fingerprint density at radius 3 is 2.81 bits per heavy atom. The summed E-state index contributed by atoms with van der Waals surface area (Å²) >= 11 is 5.73. The fraction of sp³-hybridized carbons (Fsp3) is 0.333. The average molecular weight is 308 g/mol. The normalized spacial score (nSPS) is 18.7. The fourth-order valence-electron chi connectivity index (χ4n) is 2.29. The van der Waals surface area contributed by atoms with Gasteiger partial charge in [0.05, 0.1) is 17.7 Å². The van der Waals surface area contributed by atoms with Gasteiger partial charge in [-0.1, -0.05) is 23.7 Å². The molecule has 0 spiro atoms. The van der Waals surface area contributed by atoms with Crippen LogP contribution in [0.4, 0.5) is 4.39 Å². The van der Waals surface area contributed by atoms with Crippen molar-refractivity contribution in [2.75, 3.05) is 19.7 Å². The molecule has 0 unspecified atom stereocenters. The number of hydrogen-bond donors (Lipinski definition) is 1. The molecule has 2 aromatic rings. The van der Waals surface area contributed by atoms with Crippen molar-refractivity contribution in [3.63, 3.8) is 0 Å². The second-order valence-corrected chi connectivity index (χ2v) is 5.35. The third-order valence-electron chi connectivity index (χ3n) is 3.40. The maximum Gasteiger partial charge on any atom is 0.132 e. The van der Waals surface area contributed by atoms with Crippen LogP contribution in [-0.4, -0.2) is 29.7 Å². The van der Waals surface area contributed by atoms with Gasteiger partial charge in [0.1, 0.15) is 11.6 Å². The zero-order valence-electron chi connectivity index (χ0n) is 11.4. The Balaban J connectivity index is 1.76. The highest BCUT2D eigenvalue weighted by molar-refractivity contribution is 6.30. The van der Waals surface area contributed by atoms with E-state index in [1.54, 1.807) is 6.07 Å². The number of halogens is 2. The molecule has 6 heteroatoms. The summed E-state index contributed by atoms with van der Waals surface area (Å²) in [6, 6.07) is 5.19. The lowest BCUT2D eigenvalue weighted by Gasteiger charge is -2.24. The summed E-state index contributed by atoms with van der Waals surface area (Å²) in [7, 11) is 0. The first-order chi connectivity index (χ1) is 10.2. The zero-order chi connectivity index (χ0) is 14.7. The highest BCUT2D eigenvalue weighted by atomic mass is 35.5. The van der Waals surface area contributed by atoms with E-state index in [0.717, 1.165) is 12.1 Å². The summed E-state index contributed by atoms with van der Waals surface area (Å²) in [6.07, 6.45) is 3.27. The first kappa shape index (κ1) is 14.4. The van der Waals surface area contributed by atoms with Gasteiger partial charge in [0.25, 0.3) is 0 Å². The number of benzene rings is 1. The molecule has 0 aliphatic carbocycles. The van der Waals surface area contributed by atoms with Crippen molar-refractivity contribution in [1.82, 2.24) is 15.3 Å². The van der Waals surface area contributed by atoms with Crippen molar-refractivity contribution in [1.29, 1.82) is 0 Å². The predicted octanol–water partition coefficient (Wildman–Crippen LogP) is 2.52. The van der Waals surface area contributed by atoms with Crippen LogP contribution < -0.4 is 5.32 Å². The van der Waals surface area contributed by atoms with Crippen molar-refractivity contribution in [3.8, 4) is 0 Å². The van der Waals surface area contributed by atoms with E-state index < -0.39 is 0 Å². The summed E-state index contributed by atoms with van der Waals surface area (Å²) in [6.45, 7) is 2.19. The molecule has 3 rings (SSSR count). The molecule has 0 bridgehead atoms. The Bertz CT molecular complexity index is 615. The zero-order valence-corrected chi connectivity index (χ0v) is 12.1. The van der Waals surface area contributed by atoms with Crippen LogP contribution in [0.25, 0.3) is 0 Å². The minimum absolute atomic E-state index is 0.0888. The van der Waals surface area contributed by atoms with Gasteiger partial charge in [0.2, 0.25) is 0 Å². The van der Waals surface area contributed by atoms with E-state index in [9.17, 15) is 4.39 Å². The fourth-order valence-corrected chi connectivity index (χ4v) is 2.38. The minimum atomic E-state index is -0.264. The van der Waals surface area contributed by atoms with Gasteiger partial charge in [-0.25, -0.2) is 14.4 Å². The topological polar surface area (TPSA) is 47.0 Å². The van der Waals surface area contributed by atoms with E-state index in [-0.39, 0.29) is 11.9 Å². The van der Waals surface area contributed by atoms with Crippen LogP contribution in [-0.2, 0) is 11.2 Å². The number of morpholine rings is 1. The maximum atomic E-state index is 14.2. The second kappa shape index (κ2) is 6.47. The van der Waals surface area contributed by atoms with Gasteiger partial charge in [0.15, 0.2) is 0 Å². The summed E-state index contributed by atoms with van der Waals surface area (Å²) in [5.74, 6) is 0.279. The van der Waals surface area contributed by atoms with Gasteiger partial charge in [-0.05, 0) is 17.2 Å². The van der Waals surface area contributed by atoms with Crippen molar-refractivity contribution in [2.45, 2.75) is 12.5 Å². The largest absolute Gasteiger partial charge is 0.371 e. The van der Waals surface area contributed by atoms with E-state index in [4.69, 9.17) is 16.3 Å². The molecule has 1 aromatic heterocycles. The van der Waals surface area contributed by atoms with Crippen LogP contribution in [0.1, 0.15) is 23.1 Å². The van der Waals surface area contributed by atoms with Gasteiger partial charge >= 0.3 is 0 Å². The Hall–Kier alpha value is -1.56. The van der Waals surface area contributed by atoms with Gasteiger partial charge in [0, 0.05) is 31.9 Å². The molecule has 4 nitrogen and oxygen atoms in total. The summed E-state index contributed by atoms with van der Waals surface area (Å²) in [4.78, 5) is 8.17.